The number of carbonyl (C=O) groups is 2. The van der Waals surface area contributed by atoms with E-state index >= 15 is 0 Å². The van der Waals surface area contributed by atoms with Crippen LogP contribution in [-0.2, 0) is 6.42 Å². The summed E-state index contributed by atoms with van der Waals surface area (Å²) < 4.78 is 0. The van der Waals surface area contributed by atoms with Gasteiger partial charge in [-0.3, -0.25) is 14.4 Å². The Morgan fingerprint density at radius 1 is 0.879 bits per heavy atom. The molecule has 174 valence electrons. The number of carboxylic acid groups (broad SMARTS) is 1. The van der Waals surface area contributed by atoms with Crippen LogP contribution in [0.15, 0.2) is 52.3 Å². The molecular formula is C21H19Cl2N3O7. The number of aromatic amines is 2. The lowest BCUT2D eigenvalue weighted by Crippen LogP contribution is -2.26. The molecule has 0 fully saturated rings. The molecule has 3 rings (SSSR count). The molecule has 10 nitrogen and oxygen atoms in total. The van der Waals surface area contributed by atoms with E-state index in [-0.39, 0.29) is 5.56 Å². The number of carbonyl (C=O) groups excluding carboxylic acids is 1. The van der Waals surface area contributed by atoms with Crippen LogP contribution in [0.3, 0.4) is 0 Å². The zero-order valence-corrected chi connectivity index (χ0v) is 18.4. The van der Waals surface area contributed by atoms with Crippen molar-refractivity contribution in [2.45, 2.75) is 12.8 Å². The number of hydrogen-bond acceptors (Lipinski definition) is 6. The minimum Gasteiger partial charge on any atom is -0.502 e. The quantitative estimate of drug-likeness (QED) is 0.285. The van der Waals surface area contributed by atoms with E-state index in [2.05, 4.69) is 15.3 Å². The van der Waals surface area contributed by atoms with Crippen molar-refractivity contribution >= 4 is 35.1 Å². The summed E-state index contributed by atoms with van der Waals surface area (Å²) >= 11 is 11.8. The first kappa shape index (κ1) is 25.5. The number of H-pyrrole nitrogens is 2. The van der Waals surface area contributed by atoms with Crippen molar-refractivity contribution in [2.75, 3.05) is 6.54 Å². The van der Waals surface area contributed by atoms with E-state index in [9.17, 15) is 24.3 Å². The number of rotatable bonds is 6. The van der Waals surface area contributed by atoms with E-state index in [0.717, 1.165) is 24.2 Å². The molecule has 2 heterocycles. The number of nitrogens with one attached hydrogen (secondary N) is 3. The third-order valence-corrected chi connectivity index (χ3v) is 5.00. The number of hydrogen-bond donors (Lipinski definition) is 6. The highest BCUT2D eigenvalue weighted by molar-refractivity contribution is 6.42. The number of amides is 1. The Labute approximate surface area is 196 Å². The largest absolute Gasteiger partial charge is 0.502 e. The first-order valence-electron chi connectivity index (χ1n) is 9.38. The normalized spacial score (nSPS) is 10.1. The third-order valence-electron chi connectivity index (χ3n) is 4.26. The molecule has 0 atom stereocenters. The molecule has 0 saturated carbocycles. The van der Waals surface area contributed by atoms with Gasteiger partial charge in [0, 0.05) is 18.9 Å². The van der Waals surface area contributed by atoms with Gasteiger partial charge in [0.05, 0.1) is 15.6 Å². The fraction of sp³-hybridized carbons (Fsp3) is 0.143. The molecule has 0 bridgehead atoms. The van der Waals surface area contributed by atoms with Crippen LogP contribution in [0.4, 0.5) is 0 Å². The number of aromatic nitrogens is 2. The highest BCUT2D eigenvalue weighted by Crippen LogP contribution is 2.23. The summed E-state index contributed by atoms with van der Waals surface area (Å²) in [6.45, 7) is 0.408. The first-order valence-corrected chi connectivity index (χ1v) is 10.1. The maximum Gasteiger partial charge on any atom is 0.339 e. The van der Waals surface area contributed by atoms with Gasteiger partial charge in [0.15, 0.2) is 11.5 Å². The number of aromatic hydroxyl groups is 2. The van der Waals surface area contributed by atoms with Gasteiger partial charge in [0.25, 0.3) is 17.0 Å². The summed E-state index contributed by atoms with van der Waals surface area (Å²) in [4.78, 5) is 48.3. The van der Waals surface area contributed by atoms with Gasteiger partial charge in [0.1, 0.15) is 5.56 Å². The molecule has 3 aromatic rings. The SMILES string of the molecule is O=C(NCCCc1ccc(Cl)c(Cl)c1)c1cc[nH]c(=O)c1O.O=C(O)c1cc[nH]c(=O)c1O. The second-order valence-electron chi connectivity index (χ2n) is 6.55. The van der Waals surface area contributed by atoms with Gasteiger partial charge in [-0.25, -0.2) is 4.79 Å². The minimum atomic E-state index is -1.33. The van der Waals surface area contributed by atoms with Crippen molar-refractivity contribution in [3.05, 3.63) is 90.2 Å². The van der Waals surface area contributed by atoms with Gasteiger partial charge in [0.2, 0.25) is 0 Å². The van der Waals surface area contributed by atoms with Crippen LogP contribution in [-0.4, -0.2) is 43.7 Å². The van der Waals surface area contributed by atoms with Crippen LogP contribution in [0.5, 0.6) is 11.5 Å². The summed E-state index contributed by atoms with van der Waals surface area (Å²) in [5.74, 6) is -3.16. The summed E-state index contributed by atoms with van der Waals surface area (Å²) in [7, 11) is 0. The summed E-state index contributed by atoms with van der Waals surface area (Å²) in [5, 5.41) is 30.4. The van der Waals surface area contributed by atoms with E-state index in [1.165, 1.54) is 12.3 Å². The molecule has 12 heteroatoms. The second kappa shape index (κ2) is 11.7. The van der Waals surface area contributed by atoms with Crippen LogP contribution in [0, 0.1) is 0 Å². The Morgan fingerprint density at radius 3 is 2.00 bits per heavy atom. The van der Waals surface area contributed by atoms with Crippen molar-refractivity contribution in [1.29, 1.82) is 0 Å². The molecule has 0 aliphatic rings. The Kier molecular flexibility index (Phi) is 9.08. The van der Waals surface area contributed by atoms with Gasteiger partial charge >= 0.3 is 5.97 Å². The predicted octanol–water partition coefficient (Wildman–Crippen LogP) is 2.53. The summed E-state index contributed by atoms with van der Waals surface area (Å²) in [6, 6.07) is 7.85. The van der Waals surface area contributed by atoms with Crippen LogP contribution in [0.25, 0.3) is 0 Å². The predicted molar refractivity (Wildman–Crippen MR) is 122 cm³/mol. The molecule has 1 aromatic carbocycles. The van der Waals surface area contributed by atoms with Gasteiger partial charge in [-0.1, -0.05) is 29.3 Å². The summed E-state index contributed by atoms with van der Waals surface area (Å²) in [5.41, 5.74) is -0.914. The molecule has 33 heavy (non-hydrogen) atoms. The van der Waals surface area contributed by atoms with Gasteiger partial charge in [-0.2, -0.15) is 0 Å². The van der Waals surface area contributed by atoms with Crippen LogP contribution in [0.1, 0.15) is 32.7 Å². The van der Waals surface area contributed by atoms with E-state index < -0.39 is 40.1 Å². The highest BCUT2D eigenvalue weighted by atomic mass is 35.5. The Bertz CT molecular complexity index is 1270. The number of halogens is 2. The van der Waals surface area contributed by atoms with Gasteiger partial charge in [-0.05, 0) is 42.7 Å². The van der Waals surface area contributed by atoms with Gasteiger partial charge in [-0.15, -0.1) is 0 Å². The molecule has 0 aliphatic carbocycles. The molecule has 0 radical (unpaired) electrons. The topological polar surface area (TPSA) is 173 Å². The monoisotopic (exact) mass is 495 g/mol. The fourth-order valence-electron chi connectivity index (χ4n) is 2.58. The number of benzene rings is 1. The maximum absolute atomic E-state index is 11.9. The fourth-order valence-corrected chi connectivity index (χ4v) is 2.90. The van der Waals surface area contributed by atoms with Crippen molar-refractivity contribution in [3.8, 4) is 11.5 Å². The molecule has 0 saturated heterocycles. The Hall–Kier alpha value is -3.76. The third kappa shape index (κ3) is 7.13. The van der Waals surface area contributed by atoms with E-state index in [1.54, 1.807) is 12.1 Å². The average Bonchev–Trinajstić information content (AvgIpc) is 2.77. The van der Waals surface area contributed by atoms with Crippen LogP contribution in [0.2, 0.25) is 10.0 Å². The van der Waals surface area contributed by atoms with Crippen molar-refractivity contribution < 1.29 is 24.9 Å². The molecule has 0 spiro atoms. The van der Waals surface area contributed by atoms with Crippen LogP contribution < -0.4 is 16.4 Å². The molecule has 0 unspecified atom stereocenters. The minimum absolute atomic E-state index is 0.0433. The molecule has 6 N–H and O–H groups in total. The van der Waals surface area contributed by atoms with Gasteiger partial charge < -0.3 is 30.6 Å². The molecule has 0 aliphatic heterocycles. The standard InChI is InChI=1S/C15H14Cl2N2O3.C6H5NO4/c16-11-4-3-9(8-12(11)17)2-1-6-18-14(21)10-5-7-19-15(22)13(10)20;8-4-3(6(10)11)1-2-7-5(4)9/h3-5,7-8,20H,1-2,6H2,(H,18,21)(H,19,22);1-2,8H,(H,7,9)(H,10,11). The smallest absolute Gasteiger partial charge is 0.339 e. The van der Waals surface area contributed by atoms with E-state index in [1.807, 2.05) is 6.07 Å². The number of aryl methyl sites for hydroxylation is 1. The zero-order valence-electron chi connectivity index (χ0n) is 16.9. The van der Waals surface area contributed by atoms with Crippen molar-refractivity contribution in [3.63, 3.8) is 0 Å². The first-order chi connectivity index (χ1) is 15.6. The average molecular weight is 496 g/mol. The molecule has 1 amide bonds. The lowest BCUT2D eigenvalue weighted by Gasteiger charge is -2.07. The lowest BCUT2D eigenvalue weighted by molar-refractivity contribution is 0.0693. The second-order valence-corrected chi connectivity index (χ2v) is 7.37. The molecule has 2 aromatic heterocycles. The number of carboxylic acids is 1. The number of aromatic carboxylic acids is 1. The zero-order chi connectivity index (χ0) is 24.5. The molecular weight excluding hydrogens is 477 g/mol. The number of pyridine rings is 2. The highest BCUT2D eigenvalue weighted by Gasteiger charge is 2.13. The summed E-state index contributed by atoms with van der Waals surface area (Å²) in [6.07, 6.45) is 3.88. The van der Waals surface area contributed by atoms with Crippen molar-refractivity contribution in [2.24, 2.45) is 0 Å². The van der Waals surface area contributed by atoms with Crippen LogP contribution >= 0.6 is 23.2 Å². The van der Waals surface area contributed by atoms with Crippen molar-refractivity contribution in [1.82, 2.24) is 15.3 Å². The van der Waals surface area contributed by atoms with E-state index in [4.69, 9.17) is 33.4 Å². The lowest BCUT2D eigenvalue weighted by atomic mass is 10.1. The van der Waals surface area contributed by atoms with E-state index in [0.29, 0.717) is 23.0 Å². The Morgan fingerprint density at radius 2 is 1.45 bits per heavy atom. The maximum atomic E-state index is 11.9. The Balaban J connectivity index is 0.000000294.